The summed E-state index contributed by atoms with van der Waals surface area (Å²) in [6, 6.07) is 0. The highest BCUT2D eigenvalue weighted by molar-refractivity contribution is 5.69. The van der Waals surface area contributed by atoms with Gasteiger partial charge in [0.1, 0.15) is 0 Å². The number of ether oxygens (including phenoxy) is 2. The fraction of sp³-hybridized carbons (Fsp3) is 0.900. The van der Waals surface area contributed by atoms with Crippen LogP contribution in [-0.4, -0.2) is 39.4 Å². The number of nitrogens with one attached hydrogen (secondary N) is 1. The van der Waals surface area contributed by atoms with E-state index >= 15 is 0 Å². The molecule has 2 fully saturated rings. The summed E-state index contributed by atoms with van der Waals surface area (Å²) in [5, 5.41) is 3.37. The number of methoxy groups -OCH3 is 1. The molecule has 1 unspecified atom stereocenters. The van der Waals surface area contributed by atoms with Crippen LogP contribution in [0.15, 0.2) is 0 Å². The summed E-state index contributed by atoms with van der Waals surface area (Å²) < 4.78 is 9.91. The highest BCUT2D eigenvalue weighted by Crippen LogP contribution is 2.37. The number of carbonyl (C=O) groups is 1. The van der Waals surface area contributed by atoms with Gasteiger partial charge in [0.05, 0.1) is 20.3 Å². The second-order valence-electron chi connectivity index (χ2n) is 4.47. The van der Waals surface area contributed by atoms with E-state index in [0.717, 1.165) is 32.7 Å². The van der Waals surface area contributed by atoms with Crippen LogP contribution in [-0.2, 0) is 14.3 Å². The lowest BCUT2D eigenvalue weighted by Gasteiger charge is -2.47. The summed E-state index contributed by atoms with van der Waals surface area (Å²) in [6.07, 6.45) is 1.63. The maximum atomic E-state index is 11.1. The molecule has 1 N–H and O–H groups in total. The molecule has 0 aromatic rings. The Hall–Kier alpha value is -0.610. The highest BCUT2D eigenvalue weighted by atomic mass is 16.5. The van der Waals surface area contributed by atoms with Crippen LogP contribution in [0.2, 0.25) is 0 Å². The Balaban J connectivity index is 1.84. The zero-order valence-electron chi connectivity index (χ0n) is 8.54. The van der Waals surface area contributed by atoms with Gasteiger partial charge in [0, 0.05) is 18.4 Å². The zero-order chi connectivity index (χ0) is 10.0. The second kappa shape index (κ2) is 3.87. The average molecular weight is 199 g/mol. The Morgan fingerprint density at radius 2 is 2.43 bits per heavy atom. The number of piperidine rings is 1. The molecule has 0 aliphatic carbocycles. The van der Waals surface area contributed by atoms with E-state index in [1.807, 2.05) is 0 Å². The molecule has 0 radical (unpaired) electrons. The summed E-state index contributed by atoms with van der Waals surface area (Å²) in [6.45, 7) is 3.65. The molecule has 1 spiro atoms. The third-order valence-corrected chi connectivity index (χ3v) is 3.15. The van der Waals surface area contributed by atoms with E-state index in [1.54, 1.807) is 0 Å². The van der Waals surface area contributed by atoms with Gasteiger partial charge in [-0.15, -0.1) is 0 Å². The smallest absolute Gasteiger partial charge is 0.305 e. The number of hydrogen-bond donors (Lipinski definition) is 1. The third kappa shape index (κ3) is 1.91. The van der Waals surface area contributed by atoms with Crippen LogP contribution in [0.5, 0.6) is 0 Å². The van der Waals surface area contributed by atoms with Crippen LogP contribution in [0.25, 0.3) is 0 Å². The van der Waals surface area contributed by atoms with Gasteiger partial charge in [0.25, 0.3) is 0 Å². The lowest BCUT2D eigenvalue weighted by Crippen LogP contribution is -2.55. The predicted molar refractivity (Wildman–Crippen MR) is 50.9 cm³/mol. The van der Waals surface area contributed by atoms with Crippen molar-refractivity contribution in [2.75, 3.05) is 33.4 Å². The van der Waals surface area contributed by atoms with Crippen molar-refractivity contribution in [2.24, 2.45) is 11.3 Å². The lowest BCUT2D eigenvalue weighted by atomic mass is 9.74. The molecular formula is C10H17NO3. The maximum Gasteiger partial charge on any atom is 0.305 e. The predicted octanol–water partition coefficient (Wildman–Crippen LogP) is 0.176. The number of carbonyl (C=O) groups excluding carboxylic acids is 1. The maximum absolute atomic E-state index is 11.1. The largest absolute Gasteiger partial charge is 0.469 e. The Bertz CT molecular complexity index is 225. The van der Waals surface area contributed by atoms with E-state index in [-0.39, 0.29) is 5.97 Å². The van der Waals surface area contributed by atoms with Crippen molar-refractivity contribution in [2.45, 2.75) is 12.8 Å². The van der Waals surface area contributed by atoms with Crippen molar-refractivity contribution in [1.29, 1.82) is 0 Å². The van der Waals surface area contributed by atoms with Crippen molar-refractivity contribution in [3.8, 4) is 0 Å². The van der Waals surface area contributed by atoms with E-state index < -0.39 is 0 Å². The summed E-state index contributed by atoms with van der Waals surface area (Å²) in [4.78, 5) is 11.1. The van der Waals surface area contributed by atoms with Crippen molar-refractivity contribution >= 4 is 5.97 Å². The first kappa shape index (κ1) is 9.93. The van der Waals surface area contributed by atoms with Crippen LogP contribution < -0.4 is 5.32 Å². The molecule has 80 valence electrons. The van der Waals surface area contributed by atoms with E-state index in [0.29, 0.717) is 17.8 Å². The molecule has 2 heterocycles. The molecule has 1 atom stereocenters. The monoisotopic (exact) mass is 199 g/mol. The van der Waals surface area contributed by atoms with Gasteiger partial charge >= 0.3 is 5.97 Å². The lowest BCUT2D eigenvalue weighted by molar-refractivity contribution is -0.148. The van der Waals surface area contributed by atoms with E-state index in [9.17, 15) is 4.79 Å². The van der Waals surface area contributed by atoms with Gasteiger partial charge in [-0.25, -0.2) is 0 Å². The Morgan fingerprint density at radius 1 is 1.64 bits per heavy atom. The van der Waals surface area contributed by atoms with Crippen LogP contribution in [0.1, 0.15) is 12.8 Å². The van der Waals surface area contributed by atoms with Crippen LogP contribution in [0, 0.1) is 11.3 Å². The molecule has 2 rings (SSSR count). The topological polar surface area (TPSA) is 47.6 Å². The molecule has 4 nitrogen and oxygen atoms in total. The van der Waals surface area contributed by atoms with Gasteiger partial charge < -0.3 is 14.8 Å². The van der Waals surface area contributed by atoms with Gasteiger partial charge in [-0.3, -0.25) is 4.79 Å². The Labute approximate surface area is 84.0 Å². The van der Waals surface area contributed by atoms with Crippen LogP contribution >= 0.6 is 0 Å². The van der Waals surface area contributed by atoms with Gasteiger partial charge in [-0.05, 0) is 18.9 Å². The molecule has 14 heavy (non-hydrogen) atoms. The number of hydrogen-bond acceptors (Lipinski definition) is 4. The van der Waals surface area contributed by atoms with Crippen molar-refractivity contribution in [3.63, 3.8) is 0 Å². The highest BCUT2D eigenvalue weighted by Gasteiger charge is 2.42. The quantitative estimate of drug-likeness (QED) is 0.644. The molecule has 2 aliphatic heterocycles. The minimum absolute atomic E-state index is 0.103. The normalized spacial score (nSPS) is 29.6. The third-order valence-electron chi connectivity index (χ3n) is 3.15. The van der Waals surface area contributed by atoms with Crippen molar-refractivity contribution < 1.29 is 14.3 Å². The fourth-order valence-electron chi connectivity index (χ4n) is 2.37. The molecule has 0 aromatic heterocycles. The van der Waals surface area contributed by atoms with Crippen molar-refractivity contribution in [3.05, 3.63) is 0 Å². The Morgan fingerprint density at radius 3 is 3.00 bits per heavy atom. The van der Waals surface area contributed by atoms with Gasteiger partial charge in [0.2, 0.25) is 0 Å². The standard InChI is InChI=1S/C10H17NO3/c1-13-9(12)2-8-3-10(5-11-4-8)6-14-7-10/h8,11H,2-7H2,1H3. The number of rotatable bonds is 2. The van der Waals surface area contributed by atoms with Crippen LogP contribution in [0.4, 0.5) is 0 Å². The van der Waals surface area contributed by atoms with Crippen molar-refractivity contribution in [1.82, 2.24) is 5.32 Å². The summed E-state index contributed by atoms with van der Waals surface area (Å²) in [5.41, 5.74) is 0.316. The average Bonchev–Trinajstić information content (AvgIpc) is 2.16. The first-order valence-corrected chi connectivity index (χ1v) is 5.09. The fourth-order valence-corrected chi connectivity index (χ4v) is 2.37. The minimum atomic E-state index is -0.103. The van der Waals surface area contributed by atoms with Gasteiger partial charge in [0.15, 0.2) is 0 Å². The molecule has 0 saturated carbocycles. The number of esters is 1. The van der Waals surface area contributed by atoms with Gasteiger partial charge in [-0.1, -0.05) is 0 Å². The molecule has 2 aliphatic rings. The van der Waals surface area contributed by atoms with E-state index in [4.69, 9.17) is 4.74 Å². The first-order chi connectivity index (χ1) is 6.74. The summed E-state index contributed by atoms with van der Waals surface area (Å²) in [5.74, 6) is 0.314. The zero-order valence-corrected chi connectivity index (χ0v) is 8.54. The Kier molecular flexibility index (Phi) is 2.74. The van der Waals surface area contributed by atoms with E-state index in [1.165, 1.54) is 7.11 Å². The molecule has 0 bridgehead atoms. The summed E-state index contributed by atoms with van der Waals surface area (Å²) in [7, 11) is 1.45. The second-order valence-corrected chi connectivity index (χ2v) is 4.47. The molecule has 0 aromatic carbocycles. The SMILES string of the molecule is COC(=O)CC1CNCC2(COC2)C1. The van der Waals surface area contributed by atoms with E-state index in [2.05, 4.69) is 10.1 Å². The summed E-state index contributed by atoms with van der Waals surface area (Å²) >= 11 is 0. The minimum Gasteiger partial charge on any atom is -0.469 e. The molecule has 2 saturated heterocycles. The molecular weight excluding hydrogens is 182 g/mol. The first-order valence-electron chi connectivity index (χ1n) is 5.09. The van der Waals surface area contributed by atoms with Crippen LogP contribution in [0.3, 0.4) is 0 Å². The van der Waals surface area contributed by atoms with Gasteiger partial charge in [-0.2, -0.15) is 0 Å². The molecule has 0 amide bonds. The molecule has 4 heteroatoms.